The van der Waals surface area contributed by atoms with Crippen molar-refractivity contribution in [1.29, 1.82) is 0 Å². The first-order chi connectivity index (χ1) is 5.11. The Morgan fingerprint density at radius 3 is 2.55 bits per heavy atom. The van der Waals surface area contributed by atoms with Gasteiger partial charge < -0.3 is 11.5 Å². The summed E-state index contributed by atoms with van der Waals surface area (Å²) in [5.74, 6) is -1.16. The molecule has 0 heterocycles. The van der Waals surface area contributed by atoms with Gasteiger partial charge >= 0.3 is 0 Å². The molecule has 0 fully saturated rings. The fourth-order valence-corrected chi connectivity index (χ4v) is 0.697. The van der Waals surface area contributed by atoms with Crippen molar-refractivity contribution in [1.82, 2.24) is 0 Å². The molecule has 0 radical (unpaired) electrons. The lowest BCUT2D eigenvalue weighted by Gasteiger charge is -1.97. The molecule has 0 spiro atoms. The van der Waals surface area contributed by atoms with Crippen LogP contribution in [0.4, 0.5) is 10.1 Å². The van der Waals surface area contributed by atoms with E-state index in [1.165, 1.54) is 12.1 Å². The summed E-state index contributed by atoms with van der Waals surface area (Å²) in [7, 11) is 0. The van der Waals surface area contributed by atoms with Crippen molar-refractivity contribution in [3.63, 3.8) is 0 Å². The second-order valence-corrected chi connectivity index (χ2v) is 2.10. The van der Waals surface area contributed by atoms with Gasteiger partial charge in [0.25, 0.3) is 0 Å². The molecule has 1 rings (SSSR count). The number of carbonyl (C=O) groups is 1. The van der Waals surface area contributed by atoms with E-state index in [-0.39, 0.29) is 11.3 Å². The minimum atomic E-state index is -0.614. The first-order valence-electron chi connectivity index (χ1n) is 2.96. The van der Waals surface area contributed by atoms with Crippen molar-refractivity contribution in [2.45, 2.75) is 0 Å². The molecule has 0 atom stereocenters. The number of carbonyl (C=O) groups excluding carboxylic acids is 1. The third kappa shape index (κ3) is 1.46. The Labute approximate surface area is 62.8 Å². The number of amides is 1. The molecule has 3 nitrogen and oxygen atoms in total. The van der Waals surface area contributed by atoms with Crippen LogP contribution in [-0.2, 0) is 0 Å². The van der Waals surface area contributed by atoms with Crippen molar-refractivity contribution in [2.75, 3.05) is 5.73 Å². The lowest BCUT2D eigenvalue weighted by Crippen LogP contribution is -2.11. The Morgan fingerprint density at radius 2 is 2.09 bits per heavy atom. The Hall–Kier alpha value is -1.58. The molecule has 0 aromatic heterocycles. The predicted octanol–water partition coefficient (Wildman–Crippen LogP) is 0.507. The van der Waals surface area contributed by atoms with Crippen LogP contribution in [0.5, 0.6) is 0 Å². The number of hydrogen-bond donors (Lipinski definition) is 2. The summed E-state index contributed by atoms with van der Waals surface area (Å²) in [5.41, 5.74) is 10.2. The van der Waals surface area contributed by atoms with E-state index in [1.54, 1.807) is 0 Å². The van der Waals surface area contributed by atoms with Crippen molar-refractivity contribution >= 4 is 11.6 Å². The molecule has 0 saturated heterocycles. The number of rotatable bonds is 1. The van der Waals surface area contributed by atoms with Crippen LogP contribution in [0.15, 0.2) is 18.2 Å². The average molecular weight is 154 g/mol. The fraction of sp³-hybridized carbons (Fsp3) is 0. The highest BCUT2D eigenvalue weighted by Crippen LogP contribution is 2.11. The van der Waals surface area contributed by atoms with Gasteiger partial charge in [0.15, 0.2) is 0 Å². The van der Waals surface area contributed by atoms with Crippen LogP contribution in [0.1, 0.15) is 10.4 Å². The maximum Gasteiger partial charge on any atom is 0.248 e. The number of nitrogens with two attached hydrogens (primary N) is 2. The lowest BCUT2D eigenvalue weighted by atomic mass is 10.2. The molecule has 0 bridgehead atoms. The van der Waals surface area contributed by atoms with Crippen molar-refractivity contribution in [3.05, 3.63) is 29.6 Å². The summed E-state index contributed by atoms with van der Waals surface area (Å²) in [6.45, 7) is 0. The SMILES string of the molecule is NC(=O)c1ccc(F)c(N)c1. The van der Waals surface area contributed by atoms with E-state index >= 15 is 0 Å². The maximum absolute atomic E-state index is 12.5. The second kappa shape index (κ2) is 2.57. The topological polar surface area (TPSA) is 69.1 Å². The van der Waals surface area contributed by atoms with Crippen molar-refractivity contribution in [2.24, 2.45) is 5.73 Å². The van der Waals surface area contributed by atoms with Gasteiger partial charge in [0.1, 0.15) is 5.82 Å². The second-order valence-electron chi connectivity index (χ2n) is 2.10. The van der Waals surface area contributed by atoms with Gasteiger partial charge in [-0.15, -0.1) is 0 Å². The molecule has 0 unspecified atom stereocenters. The summed E-state index contributed by atoms with van der Waals surface area (Å²) >= 11 is 0. The van der Waals surface area contributed by atoms with Crippen molar-refractivity contribution < 1.29 is 9.18 Å². The Balaban J connectivity index is 3.15. The van der Waals surface area contributed by atoms with Gasteiger partial charge in [0.2, 0.25) is 5.91 Å². The van der Waals surface area contributed by atoms with E-state index in [2.05, 4.69) is 0 Å². The molecular formula is C7H7FN2O. The van der Waals surface area contributed by atoms with Crippen molar-refractivity contribution in [3.8, 4) is 0 Å². The highest BCUT2D eigenvalue weighted by atomic mass is 19.1. The summed E-state index contributed by atoms with van der Waals surface area (Å²) < 4.78 is 12.5. The average Bonchev–Trinajstić information content (AvgIpc) is 1.94. The van der Waals surface area contributed by atoms with Gasteiger partial charge in [-0.3, -0.25) is 4.79 Å². The molecule has 1 aromatic carbocycles. The highest BCUT2D eigenvalue weighted by molar-refractivity contribution is 5.93. The zero-order valence-corrected chi connectivity index (χ0v) is 5.67. The molecule has 0 saturated carbocycles. The van der Waals surface area contributed by atoms with Crippen LogP contribution in [0.25, 0.3) is 0 Å². The number of anilines is 1. The van der Waals surface area contributed by atoms with E-state index in [1.807, 2.05) is 0 Å². The maximum atomic E-state index is 12.5. The van der Waals surface area contributed by atoms with Crippen LogP contribution in [-0.4, -0.2) is 5.91 Å². The number of nitrogen functional groups attached to an aromatic ring is 1. The molecule has 1 amide bonds. The minimum Gasteiger partial charge on any atom is -0.396 e. The minimum absolute atomic E-state index is 0.0682. The van der Waals surface area contributed by atoms with Gasteiger partial charge in [-0.05, 0) is 18.2 Å². The predicted molar refractivity (Wildman–Crippen MR) is 39.3 cm³/mol. The molecule has 11 heavy (non-hydrogen) atoms. The highest BCUT2D eigenvalue weighted by Gasteiger charge is 2.02. The largest absolute Gasteiger partial charge is 0.396 e. The van der Waals surface area contributed by atoms with Crippen LogP contribution < -0.4 is 11.5 Å². The Morgan fingerprint density at radius 1 is 1.45 bits per heavy atom. The fourth-order valence-electron chi connectivity index (χ4n) is 0.697. The summed E-state index contributed by atoms with van der Waals surface area (Å²) in [4.78, 5) is 10.5. The molecule has 1 aromatic rings. The van der Waals surface area contributed by atoms with E-state index in [0.29, 0.717) is 0 Å². The molecular weight excluding hydrogens is 147 g/mol. The molecule has 0 aliphatic carbocycles. The van der Waals surface area contributed by atoms with Gasteiger partial charge in [-0.2, -0.15) is 0 Å². The van der Waals surface area contributed by atoms with Gasteiger partial charge in [-0.25, -0.2) is 4.39 Å². The third-order valence-corrected chi connectivity index (χ3v) is 1.28. The third-order valence-electron chi connectivity index (χ3n) is 1.28. The first-order valence-corrected chi connectivity index (χ1v) is 2.96. The number of hydrogen-bond acceptors (Lipinski definition) is 2. The van der Waals surface area contributed by atoms with E-state index in [9.17, 15) is 9.18 Å². The summed E-state index contributed by atoms with van der Waals surface area (Å²) in [6, 6.07) is 3.60. The molecule has 58 valence electrons. The van der Waals surface area contributed by atoms with Crippen LogP contribution in [0.3, 0.4) is 0 Å². The normalized spacial score (nSPS) is 9.55. The zero-order valence-electron chi connectivity index (χ0n) is 5.67. The monoisotopic (exact) mass is 154 g/mol. The van der Waals surface area contributed by atoms with E-state index in [0.717, 1.165) is 6.07 Å². The van der Waals surface area contributed by atoms with Gasteiger partial charge in [0.05, 0.1) is 5.69 Å². The number of benzene rings is 1. The molecule has 0 aliphatic heterocycles. The first kappa shape index (κ1) is 7.53. The summed E-state index contributed by atoms with van der Waals surface area (Å²) in [5, 5.41) is 0. The standard InChI is InChI=1S/C7H7FN2O/c8-5-2-1-4(7(10)11)3-6(5)9/h1-3H,9H2,(H2,10,11). The Kier molecular flexibility index (Phi) is 1.76. The lowest BCUT2D eigenvalue weighted by molar-refractivity contribution is 0.100. The van der Waals surface area contributed by atoms with E-state index < -0.39 is 11.7 Å². The van der Waals surface area contributed by atoms with Crippen LogP contribution >= 0.6 is 0 Å². The van der Waals surface area contributed by atoms with Gasteiger partial charge in [-0.1, -0.05) is 0 Å². The van der Waals surface area contributed by atoms with Gasteiger partial charge in [0, 0.05) is 5.56 Å². The molecule has 4 N–H and O–H groups in total. The molecule has 0 aliphatic rings. The number of primary amides is 1. The zero-order chi connectivity index (χ0) is 8.43. The van der Waals surface area contributed by atoms with Crippen LogP contribution in [0, 0.1) is 5.82 Å². The molecule has 4 heteroatoms. The quantitative estimate of drug-likeness (QED) is 0.578. The Bertz CT molecular complexity index is 298. The smallest absolute Gasteiger partial charge is 0.248 e. The van der Waals surface area contributed by atoms with E-state index in [4.69, 9.17) is 11.5 Å². The van der Waals surface area contributed by atoms with Crippen LogP contribution in [0.2, 0.25) is 0 Å². The summed E-state index contributed by atoms with van der Waals surface area (Å²) in [6.07, 6.45) is 0. The number of halogens is 1.